The van der Waals surface area contributed by atoms with E-state index < -0.39 is 0 Å². The first kappa shape index (κ1) is 20.2. The number of carbonyl (C=O) groups is 1. The number of aromatic hydroxyl groups is 1. The van der Waals surface area contributed by atoms with Crippen molar-refractivity contribution in [2.45, 2.75) is 12.8 Å². The third-order valence-corrected chi connectivity index (χ3v) is 5.84. The molecule has 3 rings (SSSR count). The highest BCUT2D eigenvalue weighted by molar-refractivity contribution is 14.1. The van der Waals surface area contributed by atoms with Crippen LogP contribution in [0.3, 0.4) is 0 Å². The Labute approximate surface area is 186 Å². The van der Waals surface area contributed by atoms with Crippen molar-refractivity contribution in [2.75, 3.05) is 19.6 Å². The molecule has 142 valence electrons. The fourth-order valence-corrected chi connectivity index (χ4v) is 4.96. The molecule has 1 aliphatic heterocycles. The molecular weight excluding hydrogens is 570 g/mol. The Hall–Kier alpha value is -1.49. The summed E-state index contributed by atoms with van der Waals surface area (Å²) in [4.78, 5) is 14.3. The van der Waals surface area contributed by atoms with E-state index >= 15 is 0 Å². The molecule has 0 aromatic heterocycles. The summed E-state index contributed by atoms with van der Waals surface area (Å²) in [6, 6.07) is 10.8. The number of phenolic OH excluding ortho intramolecular Hbond substituents is 1. The Morgan fingerprint density at radius 3 is 2.52 bits per heavy atom. The van der Waals surface area contributed by atoms with Gasteiger partial charge in [-0.25, -0.2) is 0 Å². The van der Waals surface area contributed by atoms with Crippen LogP contribution in [0.2, 0.25) is 0 Å². The van der Waals surface area contributed by atoms with E-state index in [4.69, 9.17) is 4.74 Å². The average Bonchev–Trinajstić information content (AvgIpc) is 2.64. The Bertz CT molecular complexity index is 830. The zero-order valence-corrected chi connectivity index (χ0v) is 19.0. The predicted octanol–water partition coefficient (Wildman–Crippen LogP) is 4.27. The van der Waals surface area contributed by atoms with E-state index in [1.54, 1.807) is 24.3 Å². The van der Waals surface area contributed by atoms with Crippen molar-refractivity contribution >= 4 is 51.1 Å². The van der Waals surface area contributed by atoms with Crippen LogP contribution in [-0.4, -0.2) is 35.5 Å². The standard InChI is InChI=1S/C20H20I2N2O3/c1-13-12-24(9-8-23-13)19(26)7-2-14-10-17(21)20(18(22)11-14)27-16-5-3-15(25)4-6-16/h3-6,10-11,23,25H,1-2,7-9,12H2. The van der Waals surface area contributed by atoms with Gasteiger partial charge in [-0.1, -0.05) is 6.58 Å². The second kappa shape index (κ2) is 9.13. The molecule has 0 bridgehead atoms. The number of benzene rings is 2. The van der Waals surface area contributed by atoms with Gasteiger partial charge in [0.2, 0.25) is 5.91 Å². The van der Waals surface area contributed by atoms with Crippen LogP contribution in [0.5, 0.6) is 17.2 Å². The van der Waals surface area contributed by atoms with Gasteiger partial charge in [0.1, 0.15) is 11.5 Å². The van der Waals surface area contributed by atoms with Gasteiger partial charge in [-0.2, -0.15) is 0 Å². The lowest BCUT2D eigenvalue weighted by Gasteiger charge is -2.29. The van der Waals surface area contributed by atoms with Gasteiger partial charge >= 0.3 is 0 Å². The number of amides is 1. The number of phenols is 1. The summed E-state index contributed by atoms with van der Waals surface area (Å²) in [6.07, 6.45) is 1.18. The molecule has 0 saturated carbocycles. The highest BCUT2D eigenvalue weighted by atomic mass is 127. The van der Waals surface area contributed by atoms with E-state index in [2.05, 4.69) is 69.2 Å². The van der Waals surface area contributed by atoms with Crippen LogP contribution in [0.1, 0.15) is 12.0 Å². The lowest BCUT2D eigenvalue weighted by atomic mass is 10.1. The van der Waals surface area contributed by atoms with Gasteiger partial charge in [0.15, 0.2) is 5.75 Å². The first-order chi connectivity index (χ1) is 12.9. The fourth-order valence-electron chi connectivity index (χ4n) is 2.84. The molecule has 1 heterocycles. The first-order valence-electron chi connectivity index (χ1n) is 8.56. The van der Waals surface area contributed by atoms with Gasteiger partial charge in [-0.15, -0.1) is 0 Å². The zero-order valence-electron chi connectivity index (χ0n) is 14.7. The minimum Gasteiger partial charge on any atom is -0.508 e. The summed E-state index contributed by atoms with van der Waals surface area (Å²) >= 11 is 4.51. The number of ether oxygens (including phenoxy) is 1. The molecule has 2 aromatic carbocycles. The number of halogens is 2. The molecule has 1 amide bonds. The number of aryl methyl sites for hydroxylation is 1. The van der Waals surface area contributed by atoms with Crippen LogP contribution >= 0.6 is 45.2 Å². The number of nitrogens with one attached hydrogen (secondary N) is 1. The summed E-state index contributed by atoms with van der Waals surface area (Å²) < 4.78 is 7.95. The van der Waals surface area contributed by atoms with E-state index in [0.717, 1.165) is 37.2 Å². The minimum atomic E-state index is 0.159. The second-order valence-corrected chi connectivity index (χ2v) is 8.65. The van der Waals surface area contributed by atoms with Gasteiger partial charge < -0.3 is 20.1 Å². The quantitative estimate of drug-likeness (QED) is 0.512. The molecule has 7 heteroatoms. The number of hydrogen-bond acceptors (Lipinski definition) is 4. The summed E-state index contributed by atoms with van der Waals surface area (Å²) in [7, 11) is 0. The van der Waals surface area contributed by atoms with E-state index in [-0.39, 0.29) is 11.7 Å². The predicted molar refractivity (Wildman–Crippen MR) is 122 cm³/mol. The van der Waals surface area contributed by atoms with Crippen molar-refractivity contribution in [3.8, 4) is 17.2 Å². The van der Waals surface area contributed by atoms with Crippen molar-refractivity contribution in [2.24, 2.45) is 0 Å². The fraction of sp³-hybridized carbons (Fsp3) is 0.250. The maximum Gasteiger partial charge on any atom is 0.223 e. The molecule has 27 heavy (non-hydrogen) atoms. The van der Waals surface area contributed by atoms with E-state index in [0.29, 0.717) is 25.1 Å². The maximum absolute atomic E-state index is 12.4. The van der Waals surface area contributed by atoms with Crippen LogP contribution in [0.4, 0.5) is 0 Å². The van der Waals surface area contributed by atoms with Crippen LogP contribution < -0.4 is 10.1 Å². The summed E-state index contributed by atoms with van der Waals surface area (Å²) in [5.41, 5.74) is 2.01. The van der Waals surface area contributed by atoms with Crippen molar-refractivity contribution in [3.05, 3.63) is 61.4 Å². The molecule has 5 nitrogen and oxygen atoms in total. The molecule has 1 saturated heterocycles. The number of piperazine rings is 1. The Morgan fingerprint density at radius 2 is 1.89 bits per heavy atom. The number of nitrogens with zero attached hydrogens (tertiary/aromatic N) is 1. The normalized spacial score (nSPS) is 14.0. The van der Waals surface area contributed by atoms with Gasteiger partial charge in [0.05, 0.1) is 13.7 Å². The van der Waals surface area contributed by atoms with E-state index in [9.17, 15) is 9.90 Å². The molecular formula is C20H20I2N2O3. The number of carbonyl (C=O) groups excluding carboxylic acids is 1. The van der Waals surface area contributed by atoms with Crippen molar-refractivity contribution in [1.29, 1.82) is 0 Å². The largest absolute Gasteiger partial charge is 0.508 e. The van der Waals surface area contributed by atoms with Crippen molar-refractivity contribution in [1.82, 2.24) is 10.2 Å². The SMILES string of the molecule is C=C1CN(C(=O)CCc2cc(I)c(Oc3ccc(O)cc3)c(I)c2)CCN1. The van der Waals surface area contributed by atoms with Gasteiger partial charge in [-0.05, 0) is 93.6 Å². The molecule has 0 aliphatic carbocycles. The molecule has 2 N–H and O–H groups in total. The first-order valence-corrected chi connectivity index (χ1v) is 10.7. The van der Waals surface area contributed by atoms with Crippen LogP contribution in [0, 0.1) is 7.14 Å². The second-order valence-electron chi connectivity index (χ2n) is 6.33. The third kappa shape index (κ3) is 5.50. The monoisotopic (exact) mass is 590 g/mol. The highest BCUT2D eigenvalue weighted by Crippen LogP contribution is 2.33. The molecule has 0 unspecified atom stereocenters. The Balaban J connectivity index is 1.64. The molecule has 0 spiro atoms. The van der Waals surface area contributed by atoms with Crippen LogP contribution in [0.15, 0.2) is 48.7 Å². The van der Waals surface area contributed by atoms with Crippen LogP contribution in [0.25, 0.3) is 0 Å². The molecule has 0 atom stereocenters. The summed E-state index contributed by atoms with van der Waals surface area (Å²) in [5.74, 6) is 1.83. The highest BCUT2D eigenvalue weighted by Gasteiger charge is 2.18. The number of rotatable bonds is 5. The smallest absolute Gasteiger partial charge is 0.223 e. The number of hydrogen-bond donors (Lipinski definition) is 2. The molecule has 1 fully saturated rings. The van der Waals surface area contributed by atoms with E-state index in [1.165, 1.54) is 0 Å². The average molecular weight is 590 g/mol. The summed E-state index contributed by atoms with van der Waals surface area (Å²) in [6.45, 7) is 5.99. The van der Waals surface area contributed by atoms with Crippen molar-refractivity contribution in [3.63, 3.8) is 0 Å². The van der Waals surface area contributed by atoms with Crippen molar-refractivity contribution < 1.29 is 14.6 Å². The lowest BCUT2D eigenvalue weighted by molar-refractivity contribution is -0.131. The molecule has 0 radical (unpaired) electrons. The maximum atomic E-state index is 12.4. The van der Waals surface area contributed by atoms with Crippen LogP contribution in [-0.2, 0) is 11.2 Å². The summed E-state index contributed by atoms with van der Waals surface area (Å²) in [5, 5.41) is 12.5. The lowest BCUT2D eigenvalue weighted by Crippen LogP contribution is -2.44. The zero-order chi connectivity index (χ0) is 19.4. The van der Waals surface area contributed by atoms with Gasteiger partial charge in [0.25, 0.3) is 0 Å². The van der Waals surface area contributed by atoms with E-state index in [1.807, 2.05) is 4.90 Å². The minimum absolute atomic E-state index is 0.159. The molecule has 1 aliphatic rings. The third-order valence-electron chi connectivity index (χ3n) is 4.23. The topological polar surface area (TPSA) is 61.8 Å². The Morgan fingerprint density at radius 1 is 1.22 bits per heavy atom. The molecule has 2 aromatic rings. The van der Waals surface area contributed by atoms with Gasteiger partial charge in [-0.3, -0.25) is 4.79 Å². The Kier molecular flexibility index (Phi) is 6.85. The van der Waals surface area contributed by atoms with Gasteiger partial charge in [0, 0.05) is 25.2 Å².